The molecule has 0 unspecified atom stereocenters. The first-order chi connectivity index (χ1) is 8.86. The van der Waals surface area contributed by atoms with E-state index in [0.717, 1.165) is 7.11 Å². The second-order valence-corrected chi connectivity index (χ2v) is 3.23. The summed E-state index contributed by atoms with van der Waals surface area (Å²) in [6.07, 6.45) is 3.67. The molecule has 0 aliphatic rings. The van der Waals surface area contributed by atoms with Gasteiger partial charge in [0.1, 0.15) is 0 Å². The van der Waals surface area contributed by atoms with Crippen molar-refractivity contribution in [2.45, 2.75) is 0 Å². The molecule has 18 heavy (non-hydrogen) atoms. The summed E-state index contributed by atoms with van der Waals surface area (Å²) in [6, 6.07) is 20.1. The Labute approximate surface area is 110 Å². The molecule has 2 aromatic carbocycles. The van der Waals surface area contributed by atoms with Crippen molar-refractivity contribution in [3.63, 3.8) is 0 Å². The van der Waals surface area contributed by atoms with Crippen molar-refractivity contribution < 1.29 is 5.11 Å². The van der Waals surface area contributed by atoms with Gasteiger partial charge < -0.3 is 5.11 Å². The largest absolute Gasteiger partial charge is 0.400 e. The number of aliphatic hydroxyl groups is 1. The number of aliphatic hydroxyl groups excluding tert-OH is 1. The zero-order valence-electron chi connectivity index (χ0n) is 10.8. The van der Waals surface area contributed by atoms with Crippen LogP contribution in [0.5, 0.6) is 0 Å². The molecule has 0 saturated heterocycles. The van der Waals surface area contributed by atoms with Crippen molar-refractivity contribution in [1.82, 2.24) is 0 Å². The minimum atomic E-state index is 1.00. The lowest BCUT2D eigenvalue weighted by Gasteiger charge is -1.85. The fourth-order valence-electron chi connectivity index (χ4n) is 1.18. The molecule has 94 valence electrons. The fourth-order valence-corrected chi connectivity index (χ4v) is 1.18. The van der Waals surface area contributed by atoms with Crippen LogP contribution in [0.4, 0.5) is 0 Å². The van der Waals surface area contributed by atoms with Gasteiger partial charge in [0.15, 0.2) is 0 Å². The maximum atomic E-state index is 7.00. The van der Waals surface area contributed by atoms with Gasteiger partial charge in [0, 0.05) is 7.11 Å². The van der Waals surface area contributed by atoms with Crippen LogP contribution in [0.25, 0.3) is 12.2 Å². The van der Waals surface area contributed by atoms with Gasteiger partial charge in [0.2, 0.25) is 0 Å². The van der Waals surface area contributed by atoms with Gasteiger partial charge in [0.25, 0.3) is 0 Å². The summed E-state index contributed by atoms with van der Waals surface area (Å²) in [5.74, 6) is 0. The lowest BCUT2D eigenvalue weighted by Crippen LogP contribution is -1.63. The predicted octanol–water partition coefficient (Wildman–Crippen LogP) is 4.27. The summed E-state index contributed by atoms with van der Waals surface area (Å²) in [5, 5.41) is 7.00. The third-order valence-corrected chi connectivity index (χ3v) is 2.07. The van der Waals surface area contributed by atoms with E-state index in [1.54, 1.807) is 0 Å². The summed E-state index contributed by atoms with van der Waals surface area (Å²) in [5.41, 5.74) is 2.35. The zero-order chi connectivity index (χ0) is 13.6. The molecule has 0 fully saturated rings. The third kappa shape index (κ3) is 7.20. The third-order valence-electron chi connectivity index (χ3n) is 2.07. The van der Waals surface area contributed by atoms with Crippen molar-refractivity contribution in [3.05, 3.63) is 84.9 Å². The monoisotopic (exact) mass is 240 g/mol. The average Bonchev–Trinajstić information content (AvgIpc) is 2.51. The van der Waals surface area contributed by atoms with Crippen molar-refractivity contribution in [3.8, 4) is 0 Å². The van der Waals surface area contributed by atoms with Gasteiger partial charge in [-0.2, -0.15) is 0 Å². The molecular formula is C17H20O. The highest BCUT2D eigenvalue weighted by Gasteiger charge is 1.76. The molecule has 0 aliphatic carbocycles. The molecule has 0 spiro atoms. The van der Waals surface area contributed by atoms with Crippen molar-refractivity contribution in [1.29, 1.82) is 0 Å². The molecule has 2 rings (SSSR count). The molecular weight excluding hydrogens is 220 g/mol. The summed E-state index contributed by atoms with van der Waals surface area (Å²) < 4.78 is 0. The van der Waals surface area contributed by atoms with Crippen molar-refractivity contribution in [2.24, 2.45) is 0 Å². The Bertz CT molecular complexity index is 374. The van der Waals surface area contributed by atoms with Crippen LogP contribution in [-0.4, -0.2) is 12.2 Å². The summed E-state index contributed by atoms with van der Waals surface area (Å²) in [6.45, 7) is 7.26. The molecule has 1 nitrogen and oxygen atoms in total. The number of benzene rings is 2. The molecule has 0 aromatic heterocycles. The fraction of sp³-hybridized carbons (Fsp3) is 0.0588. The summed E-state index contributed by atoms with van der Waals surface area (Å²) in [4.78, 5) is 0. The van der Waals surface area contributed by atoms with E-state index in [0.29, 0.717) is 0 Å². The van der Waals surface area contributed by atoms with Crippen LogP contribution in [0, 0.1) is 0 Å². The normalized spacial score (nSPS) is 7.89. The van der Waals surface area contributed by atoms with Gasteiger partial charge >= 0.3 is 0 Å². The first-order valence-corrected chi connectivity index (χ1v) is 5.66. The Kier molecular flexibility index (Phi) is 10.0. The zero-order valence-corrected chi connectivity index (χ0v) is 10.8. The van der Waals surface area contributed by atoms with E-state index in [1.807, 2.05) is 72.8 Å². The lowest BCUT2D eigenvalue weighted by molar-refractivity contribution is 0.399. The Balaban J connectivity index is 0.000000283. The first-order valence-electron chi connectivity index (χ1n) is 5.66. The van der Waals surface area contributed by atoms with Crippen molar-refractivity contribution in [2.75, 3.05) is 7.11 Å². The number of hydrogen-bond acceptors (Lipinski definition) is 1. The topological polar surface area (TPSA) is 20.2 Å². The minimum absolute atomic E-state index is 1.00. The maximum absolute atomic E-state index is 7.00. The first kappa shape index (κ1) is 15.9. The Hall–Kier alpha value is -2.12. The van der Waals surface area contributed by atoms with E-state index in [4.69, 9.17) is 5.11 Å². The van der Waals surface area contributed by atoms with E-state index >= 15 is 0 Å². The van der Waals surface area contributed by atoms with E-state index in [-0.39, 0.29) is 0 Å². The van der Waals surface area contributed by atoms with Gasteiger partial charge in [-0.15, -0.1) is 0 Å². The van der Waals surface area contributed by atoms with Crippen LogP contribution < -0.4 is 0 Å². The van der Waals surface area contributed by atoms with E-state index < -0.39 is 0 Å². The van der Waals surface area contributed by atoms with Crippen LogP contribution in [0.1, 0.15) is 11.1 Å². The number of hydrogen-bond donors (Lipinski definition) is 1. The number of rotatable bonds is 2. The van der Waals surface area contributed by atoms with Gasteiger partial charge in [0.05, 0.1) is 0 Å². The molecule has 0 radical (unpaired) electrons. The van der Waals surface area contributed by atoms with Gasteiger partial charge in [-0.05, 0) is 11.1 Å². The molecule has 0 aliphatic heterocycles. The maximum Gasteiger partial charge on any atom is 0.0319 e. The van der Waals surface area contributed by atoms with Crippen LogP contribution in [0.15, 0.2) is 73.8 Å². The van der Waals surface area contributed by atoms with Crippen LogP contribution in [0.3, 0.4) is 0 Å². The molecule has 1 N–H and O–H groups in total. The van der Waals surface area contributed by atoms with Crippen molar-refractivity contribution >= 4 is 12.2 Å². The van der Waals surface area contributed by atoms with E-state index in [2.05, 4.69) is 13.2 Å². The van der Waals surface area contributed by atoms with Gasteiger partial charge in [-0.1, -0.05) is 86.0 Å². The molecule has 0 saturated carbocycles. The highest BCUT2D eigenvalue weighted by Crippen LogP contribution is 1.98. The second-order valence-electron chi connectivity index (χ2n) is 3.23. The highest BCUT2D eigenvalue weighted by atomic mass is 16.2. The lowest BCUT2D eigenvalue weighted by atomic mass is 10.2. The Morgan fingerprint density at radius 1 is 0.667 bits per heavy atom. The highest BCUT2D eigenvalue weighted by molar-refractivity contribution is 5.46. The molecule has 2 aromatic rings. The van der Waals surface area contributed by atoms with Crippen LogP contribution in [0.2, 0.25) is 0 Å². The molecule has 0 heterocycles. The van der Waals surface area contributed by atoms with Crippen LogP contribution >= 0.6 is 0 Å². The summed E-state index contributed by atoms with van der Waals surface area (Å²) in [7, 11) is 1.00. The molecule has 0 amide bonds. The predicted molar refractivity (Wildman–Crippen MR) is 81.2 cm³/mol. The van der Waals surface area contributed by atoms with Crippen LogP contribution in [-0.2, 0) is 0 Å². The summed E-state index contributed by atoms with van der Waals surface area (Å²) >= 11 is 0. The average molecular weight is 240 g/mol. The SMILES string of the molecule is C=Cc1ccccc1.C=Cc1ccccc1.CO. The van der Waals surface area contributed by atoms with Gasteiger partial charge in [-0.25, -0.2) is 0 Å². The Morgan fingerprint density at radius 3 is 1.11 bits per heavy atom. The Morgan fingerprint density at radius 2 is 0.944 bits per heavy atom. The molecule has 1 heteroatoms. The molecule has 0 atom stereocenters. The smallest absolute Gasteiger partial charge is 0.0319 e. The van der Waals surface area contributed by atoms with E-state index in [9.17, 15) is 0 Å². The second kappa shape index (κ2) is 11.4. The molecule has 0 bridgehead atoms. The standard InChI is InChI=1S/2C8H8.CH4O/c2*1-2-8-6-4-3-5-7-8;1-2/h2*2-7H,1H2;2H,1H3. The quantitative estimate of drug-likeness (QED) is 0.831. The van der Waals surface area contributed by atoms with Gasteiger partial charge in [-0.3, -0.25) is 0 Å². The van der Waals surface area contributed by atoms with E-state index in [1.165, 1.54) is 11.1 Å². The minimum Gasteiger partial charge on any atom is -0.400 e.